The molecule has 2 rings (SSSR count). The second kappa shape index (κ2) is 7.33. The monoisotopic (exact) mass is 282 g/mol. The maximum Gasteiger partial charge on any atom is 0.269 e. The van der Waals surface area contributed by atoms with Crippen molar-refractivity contribution in [2.45, 2.75) is 26.2 Å². The second-order valence-corrected chi connectivity index (χ2v) is 4.88. The lowest BCUT2D eigenvalue weighted by Gasteiger charge is -2.00. The smallest absolute Gasteiger partial charge is 0.258 e. The molecule has 0 unspecified atom stereocenters. The molecule has 2 aromatic rings. The van der Waals surface area contributed by atoms with Gasteiger partial charge in [0.15, 0.2) is 0 Å². The molecule has 0 saturated heterocycles. The van der Waals surface area contributed by atoms with Gasteiger partial charge in [0.1, 0.15) is 0 Å². The Labute approximate surface area is 124 Å². The van der Waals surface area contributed by atoms with E-state index in [0.29, 0.717) is 0 Å². The largest absolute Gasteiger partial charge is 0.269 e. The minimum absolute atomic E-state index is 0.0902. The Morgan fingerprint density at radius 1 is 1.10 bits per heavy atom. The predicted molar refractivity (Wildman–Crippen MR) is 85.4 cm³/mol. The fraction of sp³-hybridized carbons (Fsp3) is 0.235. The maximum absolute atomic E-state index is 10.6. The lowest BCUT2D eigenvalue weighted by molar-refractivity contribution is -0.384. The van der Waals surface area contributed by atoms with E-state index in [1.165, 1.54) is 30.5 Å². The van der Waals surface area contributed by atoms with E-state index in [0.717, 1.165) is 17.7 Å². The highest BCUT2D eigenvalue weighted by molar-refractivity contribution is 5.82. The number of non-ortho nitro benzene ring substituents is 1. The first-order valence-corrected chi connectivity index (χ1v) is 7.06. The third-order valence-electron chi connectivity index (χ3n) is 3.22. The molecular formula is C17H18N2O2. The van der Waals surface area contributed by atoms with E-state index in [1.807, 2.05) is 12.1 Å². The van der Waals surface area contributed by atoms with Gasteiger partial charge in [-0.3, -0.25) is 15.1 Å². The van der Waals surface area contributed by atoms with Gasteiger partial charge in [0.2, 0.25) is 0 Å². The number of nitro groups is 1. The Bertz CT molecular complexity index is 616. The Balaban J connectivity index is 2.01. The summed E-state index contributed by atoms with van der Waals surface area (Å²) < 4.78 is 0. The molecule has 0 spiro atoms. The van der Waals surface area contributed by atoms with Crippen LogP contribution in [0, 0.1) is 10.1 Å². The van der Waals surface area contributed by atoms with Gasteiger partial charge in [-0.05, 0) is 48.2 Å². The number of aliphatic imine (C=N–C) groups is 1. The zero-order chi connectivity index (χ0) is 15.1. The molecular weight excluding hydrogens is 264 g/mol. The van der Waals surface area contributed by atoms with E-state index in [1.54, 1.807) is 18.3 Å². The molecule has 0 amide bonds. The molecule has 4 heteroatoms. The molecule has 108 valence electrons. The Morgan fingerprint density at radius 2 is 1.76 bits per heavy atom. The highest BCUT2D eigenvalue weighted by atomic mass is 16.6. The van der Waals surface area contributed by atoms with Gasteiger partial charge >= 0.3 is 0 Å². The van der Waals surface area contributed by atoms with Gasteiger partial charge in [-0.15, -0.1) is 0 Å². The lowest BCUT2D eigenvalue weighted by Crippen LogP contribution is -1.88. The van der Waals surface area contributed by atoms with Crippen LogP contribution in [0.1, 0.15) is 30.9 Å². The van der Waals surface area contributed by atoms with Crippen molar-refractivity contribution in [3.05, 3.63) is 69.8 Å². The second-order valence-electron chi connectivity index (χ2n) is 4.88. The quantitative estimate of drug-likeness (QED) is 0.438. The summed E-state index contributed by atoms with van der Waals surface area (Å²) in [6, 6.07) is 14.5. The van der Waals surface area contributed by atoms with Crippen molar-refractivity contribution in [2.75, 3.05) is 0 Å². The Morgan fingerprint density at radius 3 is 2.33 bits per heavy atom. The SMILES string of the molecule is CCCCc1ccc(/N=C/c2ccc([N+](=O)[O-])cc2)cc1. The fourth-order valence-corrected chi connectivity index (χ4v) is 1.96. The van der Waals surface area contributed by atoms with Crippen LogP contribution < -0.4 is 0 Å². The molecule has 0 aliphatic rings. The molecule has 0 aliphatic carbocycles. The summed E-state index contributed by atoms with van der Waals surface area (Å²) in [7, 11) is 0. The fourth-order valence-electron chi connectivity index (χ4n) is 1.96. The molecule has 0 N–H and O–H groups in total. The number of rotatable bonds is 6. The molecule has 2 aromatic carbocycles. The summed E-state index contributed by atoms with van der Waals surface area (Å²) in [5, 5.41) is 10.6. The molecule has 0 fully saturated rings. The van der Waals surface area contributed by atoms with Crippen molar-refractivity contribution in [3.8, 4) is 0 Å². The molecule has 21 heavy (non-hydrogen) atoms. The topological polar surface area (TPSA) is 55.5 Å². The van der Waals surface area contributed by atoms with Crippen LogP contribution in [0.2, 0.25) is 0 Å². The Hall–Kier alpha value is -2.49. The van der Waals surface area contributed by atoms with Crippen molar-refractivity contribution >= 4 is 17.6 Å². The summed E-state index contributed by atoms with van der Waals surface area (Å²) in [6.07, 6.45) is 5.21. The van der Waals surface area contributed by atoms with E-state index in [4.69, 9.17) is 0 Å². The molecule has 0 radical (unpaired) electrons. The minimum Gasteiger partial charge on any atom is -0.258 e. The number of hydrogen-bond acceptors (Lipinski definition) is 3. The zero-order valence-corrected chi connectivity index (χ0v) is 12.0. The van der Waals surface area contributed by atoms with Crippen molar-refractivity contribution in [2.24, 2.45) is 4.99 Å². The van der Waals surface area contributed by atoms with Crippen molar-refractivity contribution in [3.63, 3.8) is 0 Å². The first-order valence-electron chi connectivity index (χ1n) is 7.06. The van der Waals surface area contributed by atoms with Crippen LogP contribution in [0.4, 0.5) is 11.4 Å². The third-order valence-corrected chi connectivity index (χ3v) is 3.22. The van der Waals surface area contributed by atoms with E-state index in [-0.39, 0.29) is 5.69 Å². The number of hydrogen-bond donors (Lipinski definition) is 0. The Kier molecular flexibility index (Phi) is 5.21. The van der Waals surface area contributed by atoms with Crippen LogP contribution in [0.15, 0.2) is 53.5 Å². The van der Waals surface area contributed by atoms with Crippen molar-refractivity contribution in [1.82, 2.24) is 0 Å². The van der Waals surface area contributed by atoms with Gasteiger partial charge < -0.3 is 0 Å². The highest BCUT2D eigenvalue weighted by Gasteiger charge is 2.02. The summed E-state index contributed by atoms with van der Waals surface area (Å²) in [4.78, 5) is 14.5. The number of aryl methyl sites for hydroxylation is 1. The summed E-state index contributed by atoms with van der Waals surface area (Å²) in [5.74, 6) is 0. The van der Waals surface area contributed by atoms with E-state index < -0.39 is 4.92 Å². The number of unbranched alkanes of at least 4 members (excludes halogenated alkanes) is 1. The van der Waals surface area contributed by atoms with Gasteiger partial charge in [0.25, 0.3) is 5.69 Å². The summed E-state index contributed by atoms with van der Waals surface area (Å²) >= 11 is 0. The van der Waals surface area contributed by atoms with E-state index >= 15 is 0 Å². The summed E-state index contributed by atoms with van der Waals surface area (Å²) in [5.41, 5.74) is 3.14. The summed E-state index contributed by atoms with van der Waals surface area (Å²) in [6.45, 7) is 2.18. The molecule has 0 heterocycles. The molecule has 0 aliphatic heterocycles. The normalized spacial score (nSPS) is 10.9. The molecule has 0 aromatic heterocycles. The van der Waals surface area contributed by atoms with E-state index in [9.17, 15) is 10.1 Å². The molecule has 0 bridgehead atoms. The van der Waals surface area contributed by atoms with Crippen molar-refractivity contribution < 1.29 is 4.92 Å². The van der Waals surface area contributed by atoms with E-state index in [2.05, 4.69) is 24.0 Å². The molecule has 0 saturated carbocycles. The first-order chi connectivity index (χ1) is 10.2. The zero-order valence-electron chi connectivity index (χ0n) is 12.0. The first kappa shape index (κ1) is 14.9. The van der Waals surface area contributed by atoms with Crippen LogP contribution in [-0.4, -0.2) is 11.1 Å². The number of nitro benzene ring substituents is 1. The van der Waals surface area contributed by atoms with Gasteiger partial charge in [-0.25, -0.2) is 0 Å². The van der Waals surface area contributed by atoms with Crippen LogP contribution >= 0.6 is 0 Å². The number of benzene rings is 2. The molecule has 0 atom stereocenters. The van der Waals surface area contributed by atoms with Crippen LogP contribution in [0.25, 0.3) is 0 Å². The molecule has 4 nitrogen and oxygen atoms in total. The minimum atomic E-state index is -0.407. The standard InChI is InChI=1S/C17H18N2O2/c1-2-3-4-14-5-9-16(10-6-14)18-13-15-7-11-17(12-8-15)19(20)21/h5-13H,2-4H2,1H3/b18-13+. The van der Waals surface area contributed by atoms with Gasteiger partial charge in [-0.2, -0.15) is 0 Å². The van der Waals surface area contributed by atoms with Gasteiger partial charge in [0, 0.05) is 18.3 Å². The van der Waals surface area contributed by atoms with Gasteiger partial charge in [0.05, 0.1) is 10.6 Å². The average Bonchev–Trinajstić information content (AvgIpc) is 2.52. The van der Waals surface area contributed by atoms with Crippen LogP contribution in [0.3, 0.4) is 0 Å². The predicted octanol–water partition coefficient (Wildman–Crippen LogP) is 4.69. The third kappa shape index (κ3) is 4.53. The van der Waals surface area contributed by atoms with Crippen LogP contribution in [-0.2, 0) is 6.42 Å². The van der Waals surface area contributed by atoms with Gasteiger partial charge in [-0.1, -0.05) is 25.5 Å². The maximum atomic E-state index is 10.6. The van der Waals surface area contributed by atoms with Crippen molar-refractivity contribution in [1.29, 1.82) is 0 Å². The average molecular weight is 282 g/mol. The highest BCUT2D eigenvalue weighted by Crippen LogP contribution is 2.15. The van der Waals surface area contributed by atoms with Crippen LogP contribution in [0.5, 0.6) is 0 Å². The lowest BCUT2D eigenvalue weighted by atomic mass is 10.1. The number of nitrogens with zero attached hydrogens (tertiary/aromatic N) is 2.